The molecule has 4 fully saturated rings. The molecule has 0 amide bonds. The van der Waals surface area contributed by atoms with Crippen LogP contribution in [-0.2, 0) is 21.8 Å². The van der Waals surface area contributed by atoms with Crippen LogP contribution in [0.1, 0.15) is 64.2 Å². The molecule has 0 aromatic heterocycles. The van der Waals surface area contributed by atoms with Crippen molar-refractivity contribution >= 4 is 0 Å². The van der Waals surface area contributed by atoms with Gasteiger partial charge in [-0.3, -0.25) is 0 Å². The van der Waals surface area contributed by atoms with E-state index < -0.39 is 0 Å². The van der Waals surface area contributed by atoms with E-state index in [4.69, 9.17) is 4.74 Å². The zero-order valence-electron chi connectivity index (χ0n) is 15.8. The van der Waals surface area contributed by atoms with Gasteiger partial charge in [-0.1, -0.05) is 38.5 Å². The van der Waals surface area contributed by atoms with Gasteiger partial charge in [0.05, 0.1) is 12.2 Å². The molecule has 1 nitrogen and oxygen atoms in total. The Kier molecular flexibility index (Phi) is 8.86. The topological polar surface area (TPSA) is 9.23 Å². The summed E-state index contributed by atoms with van der Waals surface area (Å²) in [7, 11) is 0. The van der Waals surface area contributed by atoms with Crippen LogP contribution in [0.15, 0.2) is 0 Å². The fourth-order valence-electron chi connectivity index (χ4n) is 5.11. The van der Waals surface area contributed by atoms with Gasteiger partial charge < -0.3 is 4.74 Å². The molecule has 0 saturated heterocycles. The average Bonchev–Trinajstić information content (AvgIpc) is 3.38. The molecule has 2 heteroatoms. The molecular formula is C24H32FeO+2. The Morgan fingerprint density at radius 3 is 1.27 bits per heavy atom. The standard InChI is InChI=1S/C24H32O.Fe/c1-3-11-19(12-4-1)23(21-15-7-8-16-21)25-24(22-17-9-10-18-22)20-13-5-2-6-14-20;/h7-10,15-20,23-24H,1-6,11-14H2;/q;+2/t23-,24-;/m0./s1. The Morgan fingerprint density at radius 1 is 0.577 bits per heavy atom. The second-order valence-corrected chi connectivity index (χ2v) is 8.21. The van der Waals surface area contributed by atoms with Crippen LogP contribution in [0.25, 0.3) is 0 Å². The summed E-state index contributed by atoms with van der Waals surface area (Å²) in [4.78, 5) is 0. The molecule has 0 aliphatic heterocycles. The molecule has 2 atom stereocenters. The monoisotopic (exact) mass is 392 g/mol. The van der Waals surface area contributed by atoms with Crippen molar-refractivity contribution in [1.82, 2.24) is 0 Å². The first kappa shape index (κ1) is 21.2. The molecule has 140 valence electrons. The Bertz CT molecular complexity index is 338. The van der Waals surface area contributed by atoms with Gasteiger partial charge >= 0.3 is 17.1 Å². The van der Waals surface area contributed by atoms with Gasteiger partial charge in [0.2, 0.25) is 0 Å². The van der Waals surface area contributed by atoms with Crippen LogP contribution in [0.2, 0.25) is 0 Å². The summed E-state index contributed by atoms with van der Waals surface area (Å²) in [6.07, 6.45) is 32.0. The Hall–Kier alpha value is 0.479. The molecule has 0 aromatic carbocycles. The van der Waals surface area contributed by atoms with Gasteiger partial charge in [-0.2, -0.15) is 0 Å². The van der Waals surface area contributed by atoms with E-state index in [1.165, 1.54) is 76.0 Å². The third kappa shape index (κ3) is 5.30. The SMILES string of the molecule is [CH]1[CH][CH][C]([C@@H](O[C@H]([C]2[CH][CH][CH][CH]2)C2CCCCC2)C2CCCCC2)[CH]1.[Fe+2]. The number of hydrogen-bond acceptors (Lipinski definition) is 1. The van der Waals surface area contributed by atoms with Crippen LogP contribution in [0.5, 0.6) is 0 Å². The van der Waals surface area contributed by atoms with Crippen molar-refractivity contribution < 1.29 is 21.8 Å². The van der Waals surface area contributed by atoms with E-state index in [9.17, 15) is 0 Å². The molecule has 10 radical (unpaired) electrons. The summed E-state index contributed by atoms with van der Waals surface area (Å²) in [6, 6.07) is 0. The maximum atomic E-state index is 7.02. The zero-order valence-corrected chi connectivity index (χ0v) is 16.9. The maximum absolute atomic E-state index is 7.02. The summed E-state index contributed by atoms with van der Waals surface area (Å²) in [5, 5.41) is 0. The van der Waals surface area contributed by atoms with Gasteiger partial charge in [-0.05, 0) is 88.9 Å². The van der Waals surface area contributed by atoms with E-state index in [-0.39, 0.29) is 29.3 Å². The molecule has 4 aliphatic rings. The number of rotatable bonds is 6. The molecule has 0 heterocycles. The minimum absolute atomic E-state index is 0. The fraction of sp³-hybridized carbons (Fsp3) is 0.583. The molecule has 26 heavy (non-hydrogen) atoms. The smallest absolute Gasteiger partial charge is 0.373 e. The maximum Gasteiger partial charge on any atom is 2.00 e. The molecule has 0 unspecified atom stereocenters. The first-order valence-electron chi connectivity index (χ1n) is 10.5. The molecule has 0 aromatic rings. The predicted molar refractivity (Wildman–Crippen MR) is 103 cm³/mol. The van der Waals surface area contributed by atoms with E-state index in [0.717, 1.165) is 0 Å². The molecule has 4 rings (SSSR count). The summed E-state index contributed by atoms with van der Waals surface area (Å²) >= 11 is 0. The van der Waals surface area contributed by atoms with Gasteiger partial charge in [0.25, 0.3) is 0 Å². The van der Waals surface area contributed by atoms with Gasteiger partial charge in [0.1, 0.15) is 0 Å². The van der Waals surface area contributed by atoms with Crippen LogP contribution in [0.4, 0.5) is 0 Å². The average molecular weight is 392 g/mol. The molecule has 0 spiro atoms. The normalized spacial score (nSPS) is 29.5. The van der Waals surface area contributed by atoms with E-state index in [0.29, 0.717) is 11.8 Å². The third-order valence-corrected chi connectivity index (χ3v) is 6.48. The zero-order chi connectivity index (χ0) is 16.9. The van der Waals surface area contributed by atoms with Gasteiger partial charge in [-0.25, -0.2) is 0 Å². The van der Waals surface area contributed by atoms with Crippen LogP contribution in [0.3, 0.4) is 0 Å². The summed E-state index contributed by atoms with van der Waals surface area (Å²) in [6.45, 7) is 0. The molecular weight excluding hydrogens is 360 g/mol. The van der Waals surface area contributed by atoms with E-state index >= 15 is 0 Å². The van der Waals surface area contributed by atoms with Gasteiger partial charge in [-0.15, -0.1) is 0 Å². The number of hydrogen-bond donors (Lipinski definition) is 0. The second kappa shape index (κ2) is 10.9. The van der Waals surface area contributed by atoms with E-state index in [1.807, 2.05) is 0 Å². The Balaban J connectivity index is 0.00000196. The van der Waals surface area contributed by atoms with Crippen molar-refractivity contribution in [3.63, 3.8) is 0 Å². The predicted octanol–water partition coefficient (Wildman–Crippen LogP) is 5.71. The first-order chi connectivity index (χ1) is 12.4. The molecule has 4 saturated carbocycles. The quantitative estimate of drug-likeness (QED) is 0.526. The Morgan fingerprint density at radius 2 is 0.923 bits per heavy atom. The third-order valence-electron chi connectivity index (χ3n) is 6.48. The molecule has 0 N–H and O–H groups in total. The summed E-state index contributed by atoms with van der Waals surface area (Å²) in [5.74, 6) is 4.19. The second-order valence-electron chi connectivity index (χ2n) is 8.21. The van der Waals surface area contributed by atoms with Crippen molar-refractivity contribution in [3.05, 3.63) is 63.2 Å². The van der Waals surface area contributed by atoms with Crippen molar-refractivity contribution in [2.75, 3.05) is 0 Å². The van der Waals surface area contributed by atoms with Crippen LogP contribution in [-0.4, -0.2) is 12.2 Å². The van der Waals surface area contributed by atoms with Crippen molar-refractivity contribution in [2.24, 2.45) is 11.8 Å². The summed E-state index contributed by atoms with van der Waals surface area (Å²) < 4.78 is 7.02. The van der Waals surface area contributed by atoms with Gasteiger partial charge in [0.15, 0.2) is 0 Å². The minimum atomic E-state index is 0. The number of ether oxygens (including phenoxy) is 1. The van der Waals surface area contributed by atoms with Crippen LogP contribution >= 0.6 is 0 Å². The van der Waals surface area contributed by atoms with E-state index in [1.54, 1.807) is 0 Å². The fourth-order valence-corrected chi connectivity index (χ4v) is 5.11. The van der Waals surface area contributed by atoms with Crippen molar-refractivity contribution in [3.8, 4) is 0 Å². The van der Waals surface area contributed by atoms with E-state index in [2.05, 4.69) is 51.4 Å². The van der Waals surface area contributed by atoms with Crippen LogP contribution < -0.4 is 0 Å². The Labute approximate surface area is 173 Å². The molecule has 4 aliphatic carbocycles. The summed E-state index contributed by atoms with van der Waals surface area (Å²) in [5.41, 5.74) is 0. The molecule has 0 bridgehead atoms. The first-order valence-corrected chi connectivity index (χ1v) is 10.5. The largest absolute Gasteiger partial charge is 2.00 e. The van der Waals surface area contributed by atoms with Crippen molar-refractivity contribution in [1.29, 1.82) is 0 Å². The van der Waals surface area contributed by atoms with Crippen LogP contribution in [0, 0.1) is 75.0 Å². The minimum Gasteiger partial charge on any atom is -0.373 e. The van der Waals surface area contributed by atoms with Crippen molar-refractivity contribution in [2.45, 2.75) is 76.4 Å². The van der Waals surface area contributed by atoms with Gasteiger partial charge in [0, 0.05) is 11.8 Å².